The molecule has 1 amide bonds. The number of nitrogens with one attached hydrogen (secondary N) is 1. The molecular formula is C14H18N2O2. The first-order chi connectivity index (χ1) is 8.65. The Hall–Kier alpha value is -1.68. The molecule has 1 aromatic rings. The van der Waals surface area contributed by atoms with E-state index in [0.29, 0.717) is 26.1 Å². The van der Waals surface area contributed by atoms with Crippen molar-refractivity contribution >= 4 is 11.7 Å². The van der Waals surface area contributed by atoms with Crippen LogP contribution in [-0.2, 0) is 4.79 Å². The molecule has 0 aromatic heterocycles. The lowest BCUT2D eigenvalue weighted by Crippen LogP contribution is -2.33. The lowest BCUT2D eigenvalue weighted by molar-refractivity contribution is -0.120. The van der Waals surface area contributed by atoms with Gasteiger partial charge in [-0.05, 0) is 6.92 Å². The first-order valence-electron chi connectivity index (χ1n) is 6.24. The Kier molecular flexibility index (Phi) is 4.10. The van der Waals surface area contributed by atoms with Crippen molar-refractivity contribution < 1.29 is 9.59 Å². The van der Waals surface area contributed by atoms with Crippen molar-refractivity contribution in [3.05, 3.63) is 35.4 Å². The number of Topliss-reactive ketones (excluding diaryl/α,β-unsaturated/α-hetero) is 1. The lowest BCUT2D eigenvalue weighted by Gasteiger charge is -2.17. The molecule has 96 valence electrons. The molecule has 18 heavy (non-hydrogen) atoms. The number of hydrogen-bond donors (Lipinski definition) is 1. The Labute approximate surface area is 107 Å². The van der Waals surface area contributed by atoms with Gasteiger partial charge in [-0.2, -0.15) is 0 Å². The smallest absolute Gasteiger partial charge is 0.221 e. The van der Waals surface area contributed by atoms with Crippen LogP contribution in [0.5, 0.6) is 0 Å². The summed E-state index contributed by atoms with van der Waals surface area (Å²) in [5, 5.41) is 2.80. The van der Waals surface area contributed by atoms with E-state index in [2.05, 4.69) is 5.32 Å². The second kappa shape index (κ2) is 5.78. The summed E-state index contributed by atoms with van der Waals surface area (Å²) in [5.74, 6) is 0.185. The topological polar surface area (TPSA) is 49.4 Å². The minimum atomic E-state index is 0.0697. The van der Waals surface area contributed by atoms with Gasteiger partial charge in [-0.25, -0.2) is 0 Å². The van der Waals surface area contributed by atoms with Crippen LogP contribution in [0.2, 0.25) is 0 Å². The van der Waals surface area contributed by atoms with Crippen molar-refractivity contribution in [2.45, 2.75) is 13.3 Å². The van der Waals surface area contributed by atoms with Crippen molar-refractivity contribution in [3.63, 3.8) is 0 Å². The Balaban J connectivity index is 1.94. The molecule has 1 aliphatic rings. The zero-order valence-corrected chi connectivity index (χ0v) is 10.6. The van der Waals surface area contributed by atoms with E-state index < -0.39 is 0 Å². The fourth-order valence-corrected chi connectivity index (χ4v) is 2.01. The predicted molar refractivity (Wildman–Crippen MR) is 69.6 cm³/mol. The van der Waals surface area contributed by atoms with E-state index in [4.69, 9.17) is 0 Å². The molecular weight excluding hydrogens is 228 g/mol. The van der Waals surface area contributed by atoms with E-state index in [9.17, 15) is 9.59 Å². The number of benzene rings is 1. The number of nitrogens with zero attached hydrogens (tertiary/aromatic N) is 1. The highest BCUT2D eigenvalue weighted by Gasteiger charge is 2.16. The fraction of sp³-hybridized carbons (Fsp3) is 0.429. The van der Waals surface area contributed by atoms with E-state index in [1.165, 1.54) is 0 Å². The maximum absolute atomic E-state index is 12.1. The quantitative estimate of drug-likeness (QED) is 0.809. The van der Waals surface area contributed by atoms with Crippen molar-refractivity contribution in [1.82, 2.24) is 10.2 Å². The van der Waals surface area contributed by atoms with Crippen LogP contribution in [0.1, 0.15) is 22.3 Å². The van der Waals surface area contributed by atoms with Crippen LogP contribution in [0, 0.1) is 6.92 Å². The Morgan fingerprint density at radius 1 is 1.28 bits per heavy atom. The maximum Gasteiger partial charge on any atom is 0.221 e. The number of amides is 1. The summed E-state index contributed by atoms with van der Waals surface area (Å²) in [4.78, 5) is 25.3. The second-order valence-electron chi connectivity index (χ2n) is 4.67. The third-order valence-electron chi connectivity index (χ3n) is 3.15. The van der Waals surface area contributed by atoms with Crippen LogP contribution in [0.4, 0.5) is 0 Å². The second-order valence-corrected chi connectivity index (χ2v) is 4.67. The molecule has 1 heterocycles. The first kappa shape index (κ1) is 12.8. The molecule has 2 rings (SSSR count). The van der Waals surface area contributed by atoms with Crippen molar-refractivity contribution in [2.24, 2.45) is 0 Å². The summed E-state index contributed by atoms with van der Waals surface area (Å²) < 4.78 is 0. The Morgan fingerprint density at radius 3 is 2.72 bits per heavy atom. The van der Waals surface area contributed by atoms with Gasteiger partial charge in [0, 0.05) is 31.6 Å². The molecule has 0 aliphatic carbocycles. The highest BCUT2D eigenvalue weighted by atomic mass is 16.1. The van der Waals surface area contributed by atoms with Gasteiger partial charge >= 0.3 is 0 Å². The number of aryl methyl sites for hydroxylation is 1. The van der Waals surface area contributed by atoms with Gasteiger partial charge in [0.25, 0.3) is 0 Å². The van der Waals surface area contributed by atoms with Crippen LogP contribution in [-0.4, -0.2) is 42.8 Å². The van der Waals surface area contributed by atoms with E-state index in [1.54, 1.807) is 0 Å². The number of ketones is 1. The molecule has 0 atom stereocenters. The van der Waals surface area contributed by atoms with Crippen LogP contribution >= 0.6 is 0 Å². The highest BCUT2D eigenvalue weighted by molar-refractivity contribution is 5.97. The van der Waals surface area contributed by atoms with Crippen LogP contribution in [0.3, 0.4) is 0 Å². The minimum Gasteiger partial charge on any atom is -0.355 e. The molecule has 4 nitrogen and oxygen atoms in total. The van der Waals surface area contributed by atoms with Gasteiger partial charge in [-0.3, -0.25) is 14.5 Å². The monoisotopic (exact) mass is 246 g/mol. The summed E-state index contributed by atoms with van der Waals surface area (Å²) in [7, 11) is 0. The largest absolute Gasteiger partial charge is 0.355 e. The van der Waals surface area contributed by atoms with Gasteiger partial charge < -0.3 is 5.32 Å². The Bertz CT molecular complexity index is 440. The number of carbonyl (C=O) groups is 2. The van der Waals surface area contributed by atoms with Crippen LogP contribution in [0.15, 0.2) is 24.3 Å². The van der Waals surface area contributed by atoms with Gasteiger partial charge in [-0.15, -0.1) is 0 Å². The lowest BCUT2D eigenvalue weighted by atomic mass is 10.1. The third-order valence-corrected chi connectivity index (χ3v) is 3.15. The summed E-state index contributed by atoms with van der Waals surface area (Å²) in [6, 6.07) is 7.61. The summed E-state index contributed by atoms with van der Waals surface area (Å²) >= 11 is 0. The first-order valence-corrected chi connectivity index (χ1v) is 6.24. The number of hydrogen-bond acceptors (Lipinski definition) is 3. The van der Waals surface area contributed by atoms with Gasteiger partial charge in [0.15, 0.2) is 5.78 Å². The number of carbonyl (C=O) groups excluding carboxylic acids is 2. The van der Waals surface area contributed by atoms with Gasteiger partial charge in [0.2, 0.25) is 5.91 Å². The molecule has 1 saturated heterocycles. The normalized spacial score (nSPS) is 17.1. The minimum absolute atomic E-state index is 0.0697. The van der Waals surface area contributed by atoms with Crippen LogP contribution in [0.25, 0.3) is 0 Å². The highest BCUT2D eigenvalue weighted by Crippen LogP contribution is 2.06. The Morgan fingerprint density at radius 2 is 2.00 bits per heavy atom. The molecule has 1 aliphatic heterocycles. The summed E-state index contributed by atoms with van der Waals surface area (Å²) in [5.41, 5.74) is 1.89. The molecule has 0 radical (unpaired) electrons. The van der Waals surface area contributed by atoms with E-state index in [1.807, 2.05) is 36.1 Å². The van der Waals surface area contributed by atoms with Crippen LogP contribution < -0.4 is 5.32 Å². The zero-order valence-electron chi connectivity index (χ0n) is 10.6. The van der Waals surface area contributed by atoms with E-state index in [0.717, 1.165) is 17.7 Å². The summed E-state index contributed by atoms with van der Waals surface area (Å²) in [6.07, 6.45) is 0.473. The average Bonchev–Trinajstić information content (AvgIpc) is 2.55. The molecule has 0 saturated carbocycles. The molecule has 0 unspecified atom stereocenters. The zero-order chi connectivity index (χ0) is 13.0. The van der Waals surface area contributed by atoms with E-state index >= 15 is 0 Å². The standard InChI is InChI=1S/C14H18N2O2/c1-11-2-4-12(5-3-11)13(17)10-16-8-6-14(18)15-7-9-16/h2-5H,6-10H2,1H3,(H,15,18). The number of rotatable bonds is 3. The summed E-state index contributed by atoms with van der Waals surface area (Å²) in [6.45, 7) is 4.41. The molecule has 4 heteroatoms. The third kappa shape index (κ3) is 3.40. The molecule has 0 bridgehead atoms. The van der Waals surface area contributed by atoms with Crippen molar-refractivity contribution in [1.29, 1.82) is 0 Å². The van der Waals surface area contributed by atoms with Gasteiger partial charge in [0.05, 0.1) is 6.54 Å². The maximum atomic E-state index is 12.1. The molecule has 0 spiro atoms. The van der Waals surface area contributed by atoms with E-state index in [-0.39, 0.29) is 11.7 Å². The van der Waals surface area contributed by atoms with Gasteiger partial charge in [-0.1, -0.05) is 29.8 Å². The van der Waals surface area contributed by atoms with Gasteiger partial charge in [0.1, 0.15) is 0 Å². The predicted octanol–water partition coefficient (Wildman–Crippen LogP) is 1.000. The average molecular weight is 246 g/mol. The molecule has 1 N–H and O–H groups in total. The van der Waals surface area contributed by atoms with Crippen molar-refractivity contribution in [2.75, 3.05) is 26.2 Å². The SMILES string of the molecule is Cc1ccc(C(=O)CN2CCNC(=O)CC2)cc1. The fourth-order valence-electron chi connectivity index (χ4n) is 2.01. The van der Waals surface area contributed by atoms with Crippen molar-refractivity contribution in [3.8, 4) is 0 Å². The molecule has 1 fully saturated rings. The molecule has 1 aromatic carbocycles.